The second-order valence-electron chi connectivity index (χ2n) is 4.89. The molecule has 0 radical (unpaired) electrons. The van der Waals surface area contributed by atoms with E-state index in [4.69, 9.17) is 14.2 Å². The first-order valence-corrected chi connectivity index (χ1v) is 6.04. The van der Waals surface area contributed by atoms with E-state index in [0.29, 0.717) is 13.2 Å². The third kappa shape index (κ3) is 1.96. The smallest absolute Gasteiger partial charge is 0.338 e. The molecule has 2 fully saturated rings. The van der Waals surface area contributed by atoms with Crippen LogP contribution in [0.4, 0.5) is 0 Å². The van der Waals surface area contributed by atoms with Crippen molar-refractivity contribution in [1.29, 1.82) is 0 Å². The maximum Gasteiger partial charge on any atom is 0.338 e. The molecule has 4 nitrogen and oxygen atoms in total. The van der Waals surface area contributed by atoms with Gasteiger partial charge in [0.15, 0.2) is 6.10 Å². The number of rotatable bonds is 3. The number of esters is 1. The first-order chi connectivity index (χ1) is 7.55. The molecule has 0 unspecified atom stereocenters. The molecule has 4 heteroatoms. The van der Waals surface area contributed by atoms with Gasteiger partial charge in [0.2, 0.25) is 0 Å². The van der Waals surface area contributed by atoms with Crippen LogP contribution >= 0.6 is 0 Å². The molecule has 1 spiro atoms. The lowest BCUT2D eigenvalue weighted by Crippen LogP contribution is -2.42. The number of hydrogen-bond acceptors (Lipinski definition) is 4. The second-order valence-corrected chi connectivity index (χ2v) is 4.89. The molecule has 0 saturated carbocycles. The van der Waals surface area contributed by atoms with Gasteiger partial charge in [-0.15, -0.1) is 0 Å². The second kappa shape index (κ2) is 4.00. The van der Waals surface area contributed by atoms with Crippen molar-refractivity contribution < 1.29 is 19.0 Å². The zero-order chi connectivity index (χ0) is 11.8. The highest BCUT2D eigenvalue weighted by Gasteiger charge is 2.64. The van der Waals surface area contributed by atoms with Crippen molar-refractivity contribution in [2.45, 2.75) is 57.3 Å². The van der Waals surface area contributed by atoms with Gasteiger partial charge in [-0.3, -0.25) is 0 Å². The van der Waals surface area contributed by atoms with Crippen molar-refractivity contribution in [1.82, 2.24) is 0 Å². The first kappa shape index (κ1) is 11.9. The summed E-state index contributed by atoms with van der Waals surface area (Å²) in [5.41, 5.74) is -0.450. The number of carbonyl (C=O) groups excluding carboxylic acids is 1. The summed E-state index contributed by atoms with van der Waals surface area (Å²) in [5, 5.41) is 0. The van der Waals surface area contributed by atoms with Crippen LogP contribution in [0.5, 0.6) is 0 Å². The van der Waals surface area contributed by atoms with Crippen LogP contribution in [0.3, 0.4) is 0 Å². The minimum Gasteiger partial charge on any atom is -0.464 e. The molecule has 2 heterocycles. The predicted molar refractivity (Wildman–Crippen MR) is 58.1 cm³/mol. The van der Waals surface area contributed by atoms with E-state index in [1.165, 1.54) is 0 Å². The van der Waals surface area contributed by atoms with E-state index in [-0.39, 0.29) is 23.3 Å². The molecule has 0 aliphatic carbocycles. The molecular formula is C12H20O4. The summed E-state index contributed by atoms with van der Waals surface area (Å²) in [4.78, 5) is 11.6. The standard InChI is InChI=1S/C12H20O4/c1-4-11(3)8-12(6-7-15-11)9(16-12)10(13)14-5-2/h9H,4-8H2,1-3H3/t9-,11+,12+/m0/s1. The van der Waals surface area contributed by atoms with E-state index in [0.717, 1.165) is 19.3 Å². The monoisotopic (exact) mass is 228 g/mol. The average molecular weight is 228 g/mol. The lowest BCUT2D eigenvalue weighted by atomic mass is 9.83. The van der Waals surface area contributed by atoms with Gasteiger partial charge in [0.05, 0.1) is 18.8 Å². The van der Waals surface area contributed by atoms with Crippen LogP contribution in [-0.2, 0) is 19.0 Å². The number of hydrogen-bond donors (Lipinski definition) is 0. The topological polar surface area (TPSA) is 48.1 Å². The maximum atomic E-state index is 11.6. The normalized spacial score (nSPS) is 42.1. The maximum absolute atomic E-state index is 11.6. The summed E-state index contributed by atoms with van der Waals surface area (Å²) in [5.74, 6) is -0.220. The van der Waals surface area contributed by atoms with Crippen molar-refractivity contribution in [3.05, 3.63) is 0 Å². The molecular weight excluding hydrogens is 208 g/mol. The number of epoxide rings is 1. The quantitative estimate of drug-likeness (QED) is 0.544. The van der Waals surface area contributed by atoms with Gasteiger partial charge in [-0.25, -0.2) is 4.79 Å². The molecule has 2 saturated heterocycles. The molecule has 3 atom stereocenters. The van der Waals surface area contributed by atoms with Gasteiger partial charge in [-0.1, -0.05) is 6.92 Å². The number of ether oxygens (including phenoxy) is 3. The van der Waals surface area contributed by atoms with Gasteiger partial charge >= 0.3 is 5.97 Å². The van der Waals surface area contributed by atoms with E-state index in [2.05, 4.69) is 13.8 Å². The zero-order valence-electron chi connectivity index (χ0n) is 10.2. The highest BCUT2D eigenvalue weighted by atomic mass is 16.7. The highest BCUT2D eigenvalue weighted by molar-refractivity contribution is 5.79. The Bertz CT molecular complexity index is 291. The fourth-order valence-electron chi connectivity index (χ4n) is 2.48. The summed E-state index contributed by atoms with van der Waals surface area (Å²) in [6, 6.07) is 0. The fraction of sp³-hybridized carbons (Fsp3) is 0.917. The minimum atomic E-state index is -0.359. The highest BCUT2D eigenvalue weighted by Crippen LogP contribution is 2.50. The molecule has 0 amide bonds. The van der Waals surface area contributed by atoms with Crippen molar-refractivity contribution in [2.24, 2.45) is 0 Å². The van der Waals surface area contributed by atoms with Crippen LogP contribution in [-0.4, -0.2) is 36.5 Å². The average Bonchev–Trinajstić information content (AvgIpc) is 2.92. The predicted octanol–water partition coefficient (Wildman–Crippen LogP) is 1.67. The van der Waals surface area contributed by atoms with E-state index in [1.807, 2.05) is 6.92 Å². The largest absolute Gasteiger partial charge is 0.464 e. The minimum absolute atomic E-state index is 0.153. The Labute approximate surface area is 96.2 Å². The van der Waals surface area contributed by atoms with Crippen LogP contribution in [0.15, 0.2) is 0 Å². The first-order valence-electron chi connectivity index (χ1n) is 6.04. The Morgan fingerprint density at radius 3 is 2.88 bits per heavy atom. The van der Waals surface area contributed by atoms with Crippen molar-refractivity contribution in [2.75, 3.05) is 13.2 Å². The van der Waals surface area contributed by atoms with E-state index in [1.54, 1.807) is 0 Å². The van der Waals surface area contributed by atoms with E-state index in [9.17, 15) is 4.79 Å². The van der Waals surface area contributed by atoms with Crippen LogP contribution in [0.1, 0.15) is 40.0 Å². The van der Waals surface area contributed by atoms with Gasteiger partial charge < -0.3 is 14.2 Å². The summed E-state index contributed by atoms with van der Waals surface area (Å²) in [7, 11) is 0. The van der Waals surface area contributed by atoms with Gasteiger partial charge in [-0.05, 0) is 20.3 Å². The molecule has 0 aromatic carbocycles. The Balaban J connectivity index is 1.99. The van der Waals surface area contributed by atoms with Crippen LogP contribution < -0.4 is 0 Å². The summed E-state index contributed by atoms with van der Waals surface area (Å²) in [6.07, 6.45) is 2.17. The molecule has 2 rings (SSSR count). The van der Waals surface area contributed by atoms with Gasteiger partial charge in [0.25, 0.3) is 0 Å². The summed E-state index contributed by atoms with van der Waals surface area (Å²) >= 11 is 0. The Morgan fingerprint density at radius 1 is 1.50 bits per heavy atom. The Kier molecular flexibility index (Phi) is 2.97. The molecule has 0 bridgehead atoms. The van der Waals surface area contributed by atoms with Crippen molar-refractivity contribution in [3.8, 4) is 0 Å². The molecule has 0 N–H and O–H groups in total. The van der Waals surface area contributed by atoms with Gasteiger partial charge in [-0.2, -0.15) is 0 Å². The lowest BCUT2D eigenvalue weighted by molar-refractivity contribution is -0.144. The van der Waals surface area contributed by atoms with Crippen LogP contribution in [0.25, 0.3) is 0 Å². The molecule has 0 aromatic heterocycles. The van der Waals surface area contributed by atoms with Crippen LogP contribution in [0, 0.1) is 0 Å². The molecule has 92 valence electrons. The van der Waals surface area contributed by atoms with Crippen molar-refractivity contribution >= 4 is 5.97 Å². The molecule has 2 aliphatic rings. The molecule has 0 aromatic rings. The fourth-order valence-corrected chi connectivity index (χ4v) is 2.48. The van der Waals surface area contributed by atoms with Crippen molar-refractivity contribution in [3.63, 3.8) is 0 Å². The Morgan fingerprint density at radius 2 is 2.25 bits per heavy atom. The summed E-state index contributed by atoms with van der Waals surface area (Å²) in [6.45, 7) is 7.07. The van der Waals surface area contributed by atoms with E-state index < -0.39 is 0 Å². The van der Waals surface area contributed by atoms with E-state index >= 15 is 0 Å². The summed E-state index contributed by atoms with van der Waals surface area (Å²) < 4.78 is 16.3. The third-order valence-electron chi connectivity index (χ3n) is 3.67. The lowest BCUT2D eigenvalue weighted by Gasteiger charge is -2.36. The van der Waals surface area contributed by atoms with Crippen LogP contribution in [0.2, 0.25) is 0 Å². The van der Waals surface area contributed by atoms with Gasteiger partial charge in [0, 0.05) is 12.8 Å². The molecule has 2 aliphatic heterocycles. The number of carbonyl (C=O) groups is 1. The SMILES string of the molecule is CCOC(=O)[C@@H]1O[C@@]12CCO[C@](C)(CC)C2. The molecule has 16 heavy (non-hydrogen) atoms. The Hall–Kier alpha value is -0.610. The van der Waals surface area contributed by atoms with Gasteiger partial charge in [0.1, 0.15) is 5.60 Å². The third-order valence-corrected chi connectivity index (χ3v) is 3.67. The zero-order valence-corrected chi connectivity index (χ0v) is 10.2.